The first-order valence-electron chi connectivity index (χ1n) is 6.30. The van der Waals surface area contributed by atoms with Crippen LogP contribution in [0.3, 0.4) is 0 Å². The Morgan fingerprint density at radius 2 is 2.14 bits per heavy atom. The fourth-order valence-corrected chi connectivity index (χ4v) is 1.98. The van der Waals surface area contributed by atoms with Crippen LogP contribution in [0.15, 0.2) is 35.1 Å². The minimum absolute atomic E-state index is 0.115. The van der Waals surface area contributed by atoms with Crippen LogP contribution >= 0.6 is 15.9 Å². The number of carbonyl (C=O) groups excluding carboxylic acids is 2. The monoisotopic (exact) mass is 350 g/mol. The molecule has 2 amide bonds. The molecule has 110 valence electrons. The van der Waals surface area contributed by atoms with Gasteiger partial charge in [0.05, 0.1) is 11.9 Å². The van der Waals surface area contributed by atoms with Gasteiger partial charge in [-0.15, -0.1) is 0 Å². The van der Waals surface area contributed by atoms with Crippen LogP contribution < -0.4 is 10.6 Å². The number of amides is 2. The highest BCUT2D eigenvalue weighted by molar-refractivity contribution is 9.10. The Morgan fingerprint density at radius 3 is 2.81 bits per heavy atom. The number of likely N-dealkylation sites (N-methyl/N-ethyl adjacent to an activating group) is 1. The van der Waals surface area contributed by atoms with E-state index in [1.165, 1.54) is 10.9 Å². The standard InChI is InChI=1S/C14H15BrN4O2/c1-9-5-10(3-4-12(9)15)14(21)18-11-6-17-19(7-11)8-13(20)16-2/h3-7H,8H2,1-2H3,(H,16,20)(H,18,21). The summed E-state index contributed by atoms with van der Waals surface area (Å²) in [6.45, 7) is 2.03. The number of carbonyl (C=O) groups is 2. The summed E-state index contributed by atoms with van der Waals surface area (Å²) < 4.78 is 2.42. The van der Waals surface area contributed by atoms with Gasteiger partial charge in [-0.25, -0.2) is 0 Å². The molecule has 1 aromatic heterocycles. The summed E-state index contributed by atoms with van der Waals surface area (Å²) in [5.74, 6) is -0.371. The average Bonchev–Trinajstić information content (AvgIpc) is 2.88. The number of anilines is 1. The zero-order chi connectivity index (χ0) is 15.4. The highest BCUT2D eigenvalue weighted by Gasteiger charge is 2.09. The van der Waals surface area contributed by atoms with Gasteiger partial charge < -0.3 is 10.6 Å². The van der Waals surface area contributed by atoms with Gasteiger partial charge in [-0.2, -0.15) is 5.10 Å². The zero-order valence-corrected chi connectivity index (χ0v) is 13.3. The maximum atomic E-state index is 12.1. The Labute approximate surface area is 130 Å². The number of nitrogens with zero attached hydrogens (tertiary/aromatic N) is 2. The van der Waals surface area contributed by atoms with Gasteiger partial charge in [0, 0.05) is 23.3 Å². The van der Waals surface area contributed by atoms with Gasteiger partial charge in [0.1, 0.15) is 6.54 Å². The second-order valence-electron chi connectivity index (χ2n) is 4.52. The lowest BCUT2D eigenvalue weighted by atomic mass is 10.1. The van der Waals surface area contributed by atoms with Gasteiger partial charge >= 0.3 is 0 Å². The van der Waals surface area contributed by atoms with Crippen LogP contribution in [0.2, 0.25) is 0 Å². The Morgan fingerprint density at radius 1 is 1.38 bits per heavy atom. The Bertz CT molecular complexity index is 681. The summed E-state index contributed by atoms with van der Waals surface area (Å²) >= 11 is 3.40. The third-order valence-electron chi connectivity index (χ3n) is 2.90. The molecule has 1 heterocycles. The van der Waals surface area contributed by atoms with Crippen molar-refractivity contribution in [3.8, 4) is 0 Å². The van der Waals surface area contributed by atoms with Crippen LogP contribution in [-0.2, 0) is 11.3 Å². The van der Waals surface area contributed by atoms with Crippen molar-refractivity contribution in [2.45, 2.75) is 13.5 Å². The van der Waals surface area contributed by atoms with E-state index in [0.29, 0.717) is 11.3 Å². The molecule has 0 aliphatic heterocycles. The van der Waals surface area contributed by atoms with E-state index in [9.17, 15) is 9.59 Å². The number of benzene rings is 1. The molecule has 0 radical (unpaired) electrons. The number of hydrogen-bond donors (Lipinski definition) is 2. The number of aromatic nitrogens is 2. The van der Waals surface area contributed by atoms with E-state index in [4.69, 9.17) is 0 Å². The predicted molar refractivity (Wildman–Crippen MR) is 83.1 cm³/mol. The number of rotatable bonds is 4. The van der Waals surface area contributed by atoms with Crippen molar-refractivity contribution in [3.05, 3.63) is 46.2 Å². The number of hydrogen-bond acceptors (Lipinski definition) is 3. The van der Waals surface area contributed by atoms with E-state index in [1.807, 2.05) is 13.0 Å². The molecule has 0 unspecified atom stereocenters. The molecule has 0 spiro atoms. The summed E-state index contributed by atoms with van der Waals surface area (Å²) in [6.07, 6.45) is 3.12. The second-order valence-corrected chi connectivity index (χ2v) is 5.37. The third kappa shape index (κ3) is 3.91. The van der Waals surface area contributed by atoms with Crippen LogP contribution in [0, 0.1) is 6.92 Å². The normalized spacial score (nSPS) is 10.2. The van der Waals surface area contributed by atoms with Crippen LogP contribution in [-0.4, -0.2) is 28.6 Å². The second kappa shape index (κ2) is 6.53. The molecular weight excluding hydrogens is 336 g/mol. The smallest absolute Gasteiger partial charge is 0.255 e. The SMILES string of the molecule is CNC(=O)Cn1cc(NC(=O)c2ccc(Br)c(C)c2)cn1. The minimum Gasteiger partial charge on any atom is -0.358 e. The average molecular weight is 351 g/mol. The van der Waals surface area contributed by atoms with Gasteiger partial charge in [-0.1, -0.05) is 15.9 Å². The summed E-state index contributed by atoms with van der Waals surface area (Å²) in [5.41, 5.74) is 2.09. The highest BCUT2D eigenvalue weighted by atomic mass is 79.9. The molecule has 2 aromatic rings. The maximum Gasteiger partial charge on any atom is 0.255 e. The topological polar surface area (TPSA) is 76.0 Å². The molecule has 0 atom stereocenters. The fourth-order valence-electron chi connectivity index (χ4n) is 1.73. The Hall–Kier alpha value is -2.15. The van der Waals surface area contributed by atoms with Crippen LogP contribution in [0.4, 0.5) is 5.69 Å². The van der Waals surface area contributed by atoms with E-state index < -0.39 is 0 Å². The quantitative estimate of drug-likeness (QED) is 0.884. The van der Waals surface area contributed by atoms with E-state index in [2.05, 4.69) is 31.7 Å². The highest BCUT2D eigenvalue weighted by Crippen LogP contribution is 2.18. The Balaban J connectivity index is 2.05. The molecule has 2 N–H and O–H groups in total. The van der Waals surface area contributed by atoms with Crippen molar-refractivity contribution in [2.75, 3.05) is 12.4 Å². The van der Waals surface area contributed by atoms with E-state index in [-0.39, 0.29) is 18.4 Å². The molecule has 0 saturated heterocycles. The summed E-state index contributed by atoms with van der Waals surface area (Å²) in [5, 5.41) is 9.27. The molecule has 0 aliphatic carbocycles. The molecule has 2 rings (SSSR count). The number of aryl methyl sites for hydroxylation is 1. The van der Waals surface area contributed by atoms with Gasteiger partial charge in [-0.3, -0.25) is 14.3 Å². The van der Waals surface area contributed by atoms with Crippen molar-refractivity contribution in [1.82, 2.24) is 15.1 Å². The lowest BCUT2D eigenvalue weighted by Gasteiger charge is -2.04. The molecule has 1 aromatic carbocycles. The molecule has 7 heteroatoms. The van der Waals surface area contributed by atoms with Crippen molar-refractivity contribution in [2.24, 2.45) is 0 Å². The summed E-state index contributed by atoms with van der Waals surface area (Å²) in [6, 6.07) is 5.37. The molecule has 0 saturated carbocycles. The Kier molecular flexibility index (Phi) is 4.74. The molecule has 6 nitrogen and oxygen atoms in total. The van der Waals surface area contributed by atoms with Crippen molar-refractivity contribution in [3.63, 3.8) is 0 Å². The predicted octanol–water partition coefficient (Wildman–Crippen LogP) is 1.95. The minimum atomic E-state index is -0.218. The van der Waals surface area contributed by atoms with E-state index in [0.717, 1.165) is 10.0 Å². The maximum absolute atomic E-state index is 12.1. The van der Waals surface area contributed by atoms with Gasteiger partial charge in [-0.05, 0) is 30.7 Å². The first-order chi connectivity index (χ1) is 9.99. The molecule has 0 bridgehead atoms. The van der Waals surface area contributed by atoms with Crippen molar-refractivity contribution >= 4 is 33.4 Å². The first kappa shape index (κ1) is 15.2. The van der Waals surface area contributed by atoms with Gasteiger partial charge in [0.15, 0.2) is 0 Å². The van der Waals surface area contributed by atoms with Crippen molar-refractivity contribution in [1.29, 1.82) is 0 Å². The molecule has 0 fully saturated rings. The zero-order valence-electron chi connectivity index (χ0n) is 11.7. The van der Waals surface area contributed by atoms with Crippen LogP contribution in [0.1, 0.15) is 15.9 Å². The largest absolute Gasteiger partial charge is 0.358 e. The van der Waals surface area contributed by atoms with Gasteiger partial charge in [0.2, 0.25) is 5.91 Å². The lowest BCUT2D eigenvalue weighted by Crippen LogP contribution is -2.23. The fraction of sp³-hybridized carbons (Fsp3) is 0.214. The van der Waals surface area contributed by atoms with Crippen LogP contribution in [0.25, 0.3) is 0 Å². The summed E-state index contributed by atoms with van der Waals surface area (Å²) in [4.78, 5) is 23.4. The van der Waals surface area contributed by atoms with Crippen LogP contribution in [0.5, 0.6) is 0 Å². The number of halogens is 1. The number of nitrogens with one attached hydrogen (secondary N) is 2. The molecule has 21 heavy (non-hydrogen) atoms. The van der Waals surface area contributed by atoms with Crippen molar-refractivity contribution < 1.29 is 9.59 Å². The summed E-state index contributed by atoms with van der Waals surface area (Å²) in [7, 11) is 1.56. The van der Waals surface area contributed by atoms with E-state index in [1.54, 1.807) is 25.4 Å². The third-order valence-corrected chi connectivity index (χ3v) is 3.79. The van der Waals surface area contributed by atoms with Gasteiger partial charge in [0.25, 0.3) is 5.91 Å². The molecule has 0 aliphatic rings. The molecular formula is C14H15BrN4O2. The van der Waals surface area contributed by atoms with E-state index >= 15 is 0 Å². The lowest BCUT2D eigenvalue weighted by molar-refractivity contribution is -0.121. The first-order valence-corrected chi connectivity index (χ1v) is 7.09.